The number of imidazole rings is 1. The van der Waals surface area contributed by atoms with E-state index in [4.69, 9.17) is 5.84 Å². The van der Waals surface area contributed by atoms with Gasteiger partial charge in [0.1, 0.15) is 0 Å². The second kappa shape index (κ2) is 4.59. The van der Waals surface area contributed by atoms with Crippen LogP contribution in [-0.2, 0) is 6.54 Å². The summed E-state index contributed by atoms with van der Waals surface area (Å²) in [6.07, 6.45) is 5.33. The molecule has 3 rings (SSSR count). The molecule has 0 spiro atoms. The topological polar surface area (TPSA) is 93.2 Å². The molecule has 0 aliphatic rings. The third-order valence-corrected chi connectivity index (χ3v) is 3.08. The first-order chi connectivity index (χ1) is 8.86. The molecule has 0 bridgehead atoms. The van der Waals surface area contributed by atoms with E-state index >= 15 is 0 Å². The Hall–Kier alpha value is -2.19. The van der Waals surface area contributed by atoms with Crippen molar-refractivity contribution in [1.29, 1.82) is 0 Å². The van der Waals surface area contributed by atoms with Gasteiger partial charge in [-0.25, -0.2) is 20.8 Å². The fourth-order valence-electron chi connectivity index (χ4n) is 1.62. The van der Waals surface area contributed by atoms with Crippen molar-refractivity contribution in [3.63, 3.8) is 0 Å². The number of anilines is 2. The number of hydrazine groups is 1. The van der Waals surface area contributed by atoms with E-state index in [0.29, 0.717) is 18.2 Å². The van der Waals surface area contributed by atoms with Crippen LogP contribution >= 0.6 is 11.3 Å². The van der Waals surface area contributed by atoms with E-state index in [-0.39, 0.29) is 0 Å². The quantitative estimate of drug-likeness (QED) is 0.481. The molecule has 0 aromatic carbocycles. The van der Waals surface area contributed by atoms with Gasteiger partial charge >= 0.3 is 0 Å². The largest absolute Gasteiger partial charge is 0.361 e. The molecule has 0 radical (unpaired) electrons. The third-order valence-electron chi connectivity index (χ3n) is 2.44. The Bertz CT molecular complexity index is 645. The van der Waals surface area contributed by atoms with Crippen molar-refractivity contribution in [2.45, 2.75) is 6.54 Å². The first-order valence-electron chi connectivity index (χ1n) is 5.28. The van der Waals surface area contributed by atoms with E-state index in [2.05, 4.69) is 25.7 Å². The van der Waals surface area contributed by atoms with Crippen LogP contribution < -0.4 is 16.6 Å². The normalized spacial score (nSPS) is 10.7. The lowest BCUT2D eigenvalue weighted by atomic mass is 10.4. The summed E-state index contributed by atoms with van der Waals surface area (Å²) in [5, 5.41) is 5.19. The highest BCUT2D eigenvalue weighted by atomic mass is 32.1. The van der Waals surface area contributed by atoms with Crippen LogP contribution in [0.3, 0.4) is 0 Å². The summed E-state index contributed by atoms with van der Waals surface area (Å²) in [7, 11) is 0. The Morgan fingerprint density at radius 1 is 1.39 bits per heavy atom. The van der Waals surface area contributed by atoms with Gasteiger partial charge < -0.3 is 15.1 Å². The van der Waals surface area contributed by atoms with Gasteiger partial charge in [0.05, 0.1) is 23.9 Å². The number of nitrogens with zero attached hydrogens (tertiary/aromatic N) is 4. The molecule has 0 aliphatic carbocycles. The van der Waals surface area contributed by atoms with Gasteiger partial charge in [-0.05, 0) is 0 Å². The van der Waals surface area contributed by atoms with Crippen molar-refractivity contribution < 1.29 is 0 Å². The molecule has 7 nitrogen and oxygen atoms in total. The monoisotopic (exact) mass is 261 g/mol. The molecule has 3 aromatic heterocycles. The highest BCUT2D eigenvalue weighted by Gasteiger charge is 2.07. The van der Waals surface area contributed by atoms with Crippen LogP contribution in [0, 0.1) is 0 Å². The predicted molar refractivity (Wildman–Crippen MR) is 70.2 cm³/mol. The number of fused-ring (bicyclic) bond motifs is 1. The molecular weight excluding hydrogens is 250 g/mol. The highest BCUT2D eigenvalue weighted by Crippen LogP contribution is 2.16. The van der Waals surface area contributed by atoms with E-state index in [0.717, 1.165) is 11.3 Å². The molecule has 0 fully saturated rings. The molecule has 0 atom stereocenters. The lowest BCUT2D eigenvalue weighted by Gasteiger charge is -2.08. The highest BCUT2D eigenvalue weighted by molar-refractivity contribution is 7.07. The van der Waals surface area contributed by atoms with E-state index < -0.39 is 0 Å². The van der Waals surface area contributed by atoms with E-state index in [1.165, 1.54) is 0 Å². The summed E-state index contributed by atoms with van der Waals surface area (Å²) >= 11 is 1.56. The lowest BCUT2D eigenvalue weighted by molar-refractivity contribution is 1.03. The second-order valence-electron chi connectivity index (χ2n) is 3.61. The van der Waals surface area contributed by atoms with Gasteiger partial charge in [0.2, 0.25) is 0 Å². The zero-order chi connectivity index (χ0) is 12.4. The summed E-state index contributed by atoms with van der Waals surface area (Å²) in [5.74, 6) is 6.63. The van der Waals surface area contributed by atoms with Crippen LogP contribution in [-0.4, -0.2) is 19.4 Å². The van der Waals surface area contributed by atoms with E-state index in [9.17, 15) is 0 Å². The molecule has 92 valence electrons. The number of thiazole rings is 1. The number of nitrogens with one attached hydrogen (secondary N) is 2. The standard InChI is InChI=1S/C10H11N7S/c11-16-8-4-17-2-1-12-10(17)9(15-8)13-3-7-5-18-6-14-7/h1-2,4-6,16H,3,11H2,(H,13,15). The number of hydrogen-bond acceptors (Lipinski definition) is 7. The maximum absolute atomic E-state index is 5.38. The van der Waals surface area contributed by atoms with Crippen LogP contribution in [0.5, 0.6) is 0 Å². The van der Waals surface area contributed by atoms with E-state index in [1.54, 1.807) is 29.2 Å². The Morgan fingerprint density at radius 3 is 3.11 bits per heavy atom. The molecule has 0 saturated carbocycles. The van der Waals surface area contributed by atoms with Gasteiger partial charge in [-0.2, -0.15) is 0 Å². The van der Waals surface area contributed by atoms with Crippen molar-refractivity contribution in [3.05, 3.63) is 35.2 Å². The number of aromatic nitrogens is 4. The lowest BCUT2D eigenvalue weighted by Crippen LogP contribution is -2.12. The molecule has 0 aliphatic heterocycles. The Morgan fingerprint density at radius 2 is 2.33 bits per heavy atom. The first-order valence-corrected chi connectivity index (χ1v) is 6.22. The van der Waals surface area contributed by atoms with Gasteiger partial charge in [0, 0.05) is 17.8 Å². The Labute approximate surface area is 107 Å². The van der Waals surface area contributed by atoms with Gasteiger partial charge in [-0.3, -0.25) is 0 Å². The van der Waals surface area contributed by atoms with Crippen LogP contribution in [0.1, 0.15) is 5.69 Å². The van der Waals surface area contributed by atoms with Gasteiger partial charge in [0.25, 0.3) is 0 Å². The SMILES string of the molecule is NNc1cn2ccnc2c(NCc2cscn2)n1. The number of nitrogen functional groups attached to an aromatic ring is 1. The second-order valence-corrected chi connectivity index (χ2v) is 4.33. The smallest absolute Gasteiger partial charge is 0.180 e. The molecule has 3 aromatic rings. The fourth-order valence-corrected chi connectivity index (χ4v) is 2.18. The van der Waals surface area contributed by atoms with Crippen LogP contribution in [0.15, 0.2) is 29.5 Å². The minimum absolute atomic E-state index is 0.571. The average molecular weight is 261 g/mol. The molecular formula is C10H11N7S. The summed E-state index contributed by atoms with van der Waals surface area (Å²) in [4.78, 5) is 12.8. The molecule has 0 unspecified atom stereocenters. The maximum atomic E-state index is 5.38. The number of rotatable bonds is 4. The van der Waals surface area contributed by atoms with Gasteiger partial charge in [-0.15, -0.1) is 11.3 Å². The fraction of sp³-hybridized carbons (Fsp3) is 0.100. The summed E-state index contributed by atoms with van der Waals surface area (Å²) in [5.41, 5.74) is 6.05. The van der Waals surface area contributed by atoms with Crippen molar-refractivity contribution in [3.8, 4) is 0 Å². The molecule has 0 saturated heterocycles. The maximum Gasteiger partial charge on any atom is 0.180 e. The minimum atomic E-state index is 0.571. The van der Waals surface area contributed by atoms with Gasteiger partial charge in [0.15, 0.2) is 17.3 Å². The molecule has 3 heterocycles. The predicted octanol–water partition coefficient (Wildman–Crippen LogP) is 1.08. The van der Waals surface area contributed by atoms with Crippen molar-refractivity contribution in [1.82, 2.24) is 19.4 Å². The summed E-state index contributed by atoms with van der Waals surface area (Å²) < 4.78 is 1.85. The van der Waals surface area contributed by atoms with Crippen LogP contribution in [0.4, 0.5) is 11.6 Å². The minimum Gasteiger partial charge on any atom is -0.361 e. The first kappa shape index (κ1) is 10.9. The van der Waals surface area contributed by atoms with Gasteiger partial charge in [-0.1, -0.05) is 0 Å². The Kier molecular flexibility index (Phi) is 2.79. The van der Waals surface area contributed by atoms with Crippen molar-refractivity contribution in [2.24, 2.45) is 5.84 Å². The molecule has 4 N–H and O–H groups in total. The zero-order valence-electron chi connectivity index (χ0n) is 9.37. The average Bonchev–Trinajstić information content (AvgIpc) is 3.06. The van der Waals surface area contributed by atoms with Crippen molar-refractivity contribution >= 4 is 28.6 Å². The number of nitrogens with two attached hydrogens (primary N) is 1. The van der Waals surface area contributed by atoms with Crippen LogP contribution in [0.25, 0.3) is 5.65 Å². The van der Waals surface area contributed by atoms with E-state index in [1.807, 2.05) is 16.0 Å². The molecule has 0 amide bonds. The third kappa shape index (κ3) is 1.98. The summed E-state index contributed by atoms with van der Waals surface area (Å²) in [6, 6.07) is 0. The Balaban J connectivity index is 1.92. The van der Waals surface area contributed by atoms with Crippen LogP contribution in [0.2, 0.25) is 0 Å². The number of hydrogen-bond donors (Lipinski definition) is 3. The summed E-state index contributed by atoms with van der Waals surface area (Å²) in [6.45, 7) is 0.604. The molecule has 8 heteroatoms. The molecule has 18 heavy (non-hydrogen) atoms. The van der Waals surface area contributed by atoms with Crippen molar-refractivity contribution in [2.75, 3.05) is 10.7 Å². The zero-order valence-corrected chi connectivity index (χ0v) is 10.2.